The first kappa shape index (κ1) is 13.8. The van der Waals surface area contributed by atoms with Crippen molar-refractivity contribution < 1.29 is 17.9 Å². The topological polar surface area (TPSA) is 21.3 Å². The highest BCUT2D eigenvalue weighted by Crippen LogP contribution is 2.24. The summed E-state index contributed by atoms with van der Waals surface area (Å²) in [6, 6.07) is 3.74. The monoisotopic (exact) mass is 247 g/mol. The third-order valence-electron chi connectivity index (χ3n) is 2.42. The Hall–Kier alpha value is -1.23. The number of alkyl halides is 3. The van der Waals surface area contributed by atoms with E-state index in [-0.39, 0.29) is 6.54 Å². The Morgan fingerprint density at radius 3 is 2.41 bits per heavy atom. The van der Waals surface area contributed by atoms with E-state index in [0.717, 1.165) is 16.7 Å². The van der Waals surface area contributed by atoms with Crippen molar-refractivity contribution in [2.75, 3.05) is 13.7 Å². The van der Waals surface area contributed by atoms with E-state index >= 15 is 0 Å². The lowest BCUT2D eigenvalue weighted by molar-refractivity contribution is -0.125. The number of benzene rings is 1. The first-order valence-corrected chi connectivity index (χ1v) is 5.25. The van der Waals surface area contributed by atoms with E-state index in [0.29, 0.717) is 5.75 Å². The third-order valence-corrected chi connectivity index (χ3v) is 2.42. The van der Waals surface area contributed by atoms with E-state index in [1.165, 1.54) is 7.11 Å². The van der Waals surface area contributed by atoms with Crippen LogP contribution < -0.4 is 10.1 Å². The second kappa shape index (κ2) is 5.40. The molecule has 1 aromatic rings. The average Bonchev–Trinajstić information content (AvgIpc) is 2.18. The van der Waals surface area contributed by atoms with E-state index in [1.807, 2.05) is 26.0 Å². The van der Waals surface area contributed by atoms with Crippen molar-refractivity contribution in [3.05, 3.63) is 28.8 Å². The number of nitrogens with one attached hydrogen (secondary N) is 1. The molecule has 0 atom stereocenters. The van der Waals surface area contributed by atoms with Gasteiger partial charge in [0, 0.05) is 12.1 Å². The minimum atomic E-state index is -4.19. The summed E-state index contributed by atoms with van der Waals surface area (Å²) in [7, 11) is 1.52. The van der Waals surface area contributed by atoms with Crippen molar-refractivity contribution in [2.45, 2.75) is 26.6 Å². The Bertz CT molecular complexity index is 388. The Balaban J connectivity index is 2.76. The van der Waals surface area contributed by atoms with Gasteiger partial charge in [-0.3, -0.25) is 0 Å². The summed E-state index contributed by atoms with van der Waals surface area (Å²) in [5.41, 5.74) is 2.72. The van der Waals surface area contributed by atoms with Gasteiger partial charge in [0.15, 0.2) is 0 Å². The van der Waals surface area contributed by atoms with Gasteiger partial charge in [0.25, 0.3) is 0 Å². The van der Waals surface area contributed by atoms with Gasteiger partial charge in [0.1, 0.15) is 5.75 Å². The lowest BCUT2D eigenvalue weighted by Crippen LogP contribution is -2.28. The summed E-state index contributed by atoms with van der Waals surface area (Å²) < 4.78 is 41.2. The predicted octanol–water partition coefficient (Wildman–Crippen LogP) is 2.96. The largest absolute Gasteiger partial charge is 0.496 e. The Morgan fingerprint density at radius 2 is 1.88 bits per heavy atom. The molecule has 0 fully saturated rings. The zero-order valence-corrected chi connectivity index (χ0v) is 10.1. The molecule has 0 saturated heterocycles. The number of aryl methyl sites for hydroxylation is 2. The highest BCUT2D eigenvalue weighted by molar-refractivity contribution is 5.42. The first-order chi connectivity index (χ1) is 7.83. The van der Waals surface area contributed by atoms with Crippen LogP contribution in [0.4, 0.5) is 13.2 Å². The molecule has 5 heteroatoms. The summed E-state index contributed by atoms with van der Waals surface area (Å²) in [6.07, 6.45) is -4.19. The molecule has 1 rings (SSSR count). The van der Waals surface area contributed by atoms with E-state index < -0.39 is 12.7 Å². The molecule has 96 valence electrons. The lowest BCUT2D eigenvalue weighted by Gasteiger charge is -2.14. The van der Waals surface area contributed by atoms with Crippen LogP contribution in [0.3, 0.4) is 0 Å². The van der Waals surface area contributed by atoms with Crippen molar-refractivity contribution in [1.82, 2.24) is 5.32 Å². The fourth-order valence-corrected chi connectivity index (χ4v) is 1.70. The standard InChI is InChI=1S/C12H16F3NO/c1-8-4-9(2)10(11(5-8)17-3)6-16-7-12(13,14)15/h4-5,16H,6-7H2,1-3H3. The van der Waals surface area contributed by atoms with E-state index in [4.69, 9.17) is 4.74 Å². The Morgan fingerprint density at radius 1 is 1.24 bits per heavy atom. The number of hydrogen-bond acceptors (Lipinski definition) is 2. The molecule has 1 N–H and O–H groups in total. The molecule has 2 nitrogen and oxygen atoms in total. The lowest BCUT2D eigenvalue weighted by atomic mass is 10.0. The molecule has 1 aromatic carbocycles. The number of halogens is 3. The minimum absolute atomic E-state index is 0.148. The van der Waals surface area contributed by atoms with Gasteiger partial charge in [-0.05, 0) is 31.0 Å². The first-order valence-electron chi connectivity index (χ1n) is 5.25. The number of rotatable bonds is 4. The molecule has 0 aromatic heterocycles. The van der Waals surface area contributed by atoms with Gasteiger partial charge in [-0.15, -0.1) is 0 Å². The average molecular weight is 247 g/mol. The number of methoxy groups -OCH3 is 1. The van der Waals surface area contributed by atoms with Crippen LogP contribution in [-0.2, 0) is 6.54 Å². The van der Waals surface area contributed by atoms with Crippen LogP contribution in [0.15, 0.2) is 12.1 Å². The Kier molecular flexibility index (Phi) is 4.40. The SMILES string of the molecule is COc1cc(C)cc(C)c1CNCC(F)(F)F. The molecule has 17 heavy (non-hydrogen) atoms. The second-order valence-electron chi connectivity index (χ2n) is 3.98. The molecule has 0 amide bonds. The van der Waals surface area contributed by atoms with E-state index in [1.54, 1.807) is 0 Å². The summed E-state index contributed by atoms with van der Waals surface area (Å²) in [5, 5.41) is 2.37. The van der Waals surface area contributed by atoms with E-state index in [9.17, 15) is 13.2 Å². The summed E-state index contributed by atoms with van der Waals surface area (Å²) in [6.45, 7) is 2.93. The van der Waals surface area contributed by atoms with Crippen LogP contribution in [-0.4, -0.2) is 19.8 Å². The molecule has 0 unspecified atom stereocenters. The van der Waals surface area contributed by atoms with Crippen LogP contribution in [0.1, 0.15) is 16.7 Å². The molecule has 0 spiro atoms. The maximum Gasteiger partial charge on any atom is 0.401 e. The minimum Gasteiger partial charge on any atom is -0.496 e. The second-order valence-corrected chi connectivity index (χ2v) is 3.98. The normalized spacial score (nSPS) is 11.6. The van der Waals surface area contributed by atoms with Crippen molar-refractivity contribution in [3.8, 4) is 5.75 Å². The van der Waals surface area contributed by atoms with E-state index in [2.05, 4.69) is 5.32 Å². The summed E-state index contributed by atoms with van der Waals surface area (Å²) in [5.74, 6) is 0.622. The third kappa shape index (κ3) is 4.26. The van der Waals surface area contributed by atoms with Gasteiger partial charge < -0.3 is 10.1 Å². The predicted molar refractivity (Wildman–Crippen MR) is 60.2 cm³/mol. The van der Waals surface area contributed by atoms with Crippen molar-refractivity contribution in [2.24, 2.45) is 0 Å². The van der Waals surface area contributed by atoms with Crippen LogP contribution in [0.2, 0.25) is 0 Å². The smallest absolute Gasteiger partial charge is 0.401 e. The molecule has 0 aliphatic heterocycles. The highest BCUT2D eigenvalue weighted by atomic mass is 19.4. The van der Waals surface area contributed by atoms with Gasteiger partial charge in [0.05, 0.1) is 13.7 Å². The number of ether oxygens (including phenoxy) is 1. The zero-order valence-electron chi connectivity index (χ0n) is 10.1. The quantitative estimate of drug-likeness (QED) is 0.883. The zero-order chi connectivity index (χ0) is 13.1. The van der Waals surface area contributed by atoms with Gasteiger partial charge in [-0.2, -0.15) is 13.2 Å². The van der Waals surface area contributed by atoms with Crippen LogP contribution >= 0.6 is 0 Å². The highest BCUT2D eigenvalue weighted by Gasteiger charge is 2.26. The molecule has 0 saturated carbocycles. The van der Waals surface area contributed by atoms with Crippen molar-refractivity contribution in [1.29, 1.82) is 0 Å². The van der Waals surface area contributed by atoms with Gasteiger partial charge >= 0.3 is 6.18 Å². The Labute approximate surface area is 98.8 Å². The molecule has 0 bridgehead atoms. The summed E-state index contributed by atoms with van der Waals surface area (Å²) >= 11 is 0. The van der Waals surface area contributed by atoms with Crippen LogP contribution in [0.5, 0.6) is 5.75 Å². The molecule has 0 heterocycles. The molecule has 0 aliphatic rings. The van der Waals surface area contributed by atoms with Crippen LogP contribution in [0, 0.1) is 13.8 Å². The fraction of sp³-hybridized carbons (Fsp3) is 0.500. The molecule has 0 radical (unpaired) electrons. The maximum absolute atomic E-state index is 12.0. The maximum atomic E-state index is 12.0. The molecular formula is C12H16F3NO. The van der Waals surface area contributed by atoms with Gasteiger partial charge in [-0.25, -0.2) is 0 Å². The van der Waals surface area contributed by atoms with Gasteiger partial charge in [0.2, 0.25) is 0 Å². The van der Waals surface area contributed by atoms with Crippen molar-refractivity contribution in [3.63, 3.8) is 0 Å². The van der Waals surface area contributed by atoms with Crippen molar-refractivity contribution >= 4 is 0 Å². The molecule has 0 aliphatic carbocycles. The summed E-state index contributed by atoms with van der Waals surface area (Å²) in [4.78, 5) is 0. The number of hydrogen-bond donors (Lipinski definition) is 1. The fourth-order valence-electron chi connectivity index (χ4n) is 1.70. The van der Waals surface area contributed by atoms with Crippen LogP contribution in [0.25, 0.3) is 0 Å². The molecular weight excluding hydrogens is 231 g/mol. The van der Waals surface area contributed by atoms with Gasteiger partial charge in [-0.1, -0.05) is 6.07 Å².